The lowest BCUT2D eigenvalue weighted by atomic mass is 10.2. The van der Waals surface area contributed by atoms with Crippen molar-refractivity contribution in [1.82, 2.24) is 0 Å². The first-order valence-electron chi connectivity index (χ1n) is 2.83. The summed E-state index contributed by atoms with van der Waals surface area (Å²) < 4.78 is 4.95. The molecule has 0 aliphatic carbocycles. The van der Waals surface area contributed by atoms with Gasteiger partial charge in [-0.25, -0.2) is 0 Å². The van der Waals surface area contributed by atoms with Crippen LogP contribution in [0, 0.1) is 12.0 Å². The van der Waals surface area contributed by atoms with Gasteiger partial charge in [-0.3, -0.25) is 0 Å². The summed E-state index contributed by atoms with van der Waals surface area (Å²) >= 11 is 0. The van der Waals surface area contributed by atoms with Crippen LogP contribution in [0.4, 0.5) is 0 Å². The van der Waals surface area contributed by atoms with Crippen LogP contribution in [0.5, 0.6) is 0 Å². The van der Waals surface area contributed by atoms with Gasteiger partial charge in [-0.2, -0.15) is 0 Å². The fourth-order valence-electron chi connectivity index (χ4n) is 0.221. The van der Waals surface area contributed by atoms with Crippen molar-refractivity contribution in [2.75, 3.05) is 6.61 Å². The van der Waals surface area contributed by atoms with Gasteiger partial charge in [-0.1, -0.05) is 0 Å². The molecule has 2 heteroatoms. The Morgan fingerprint density at radius 1 is 1.44 bits per heavy atom. The van der Waals surface area contributed by atoms with Crippen LogP contribution < -0.4 is 0 Å². The molecule has 0 bridgehead atoms. The van der Waals surface area contributed by atoms with Gasteiger partial charge in [0.1, 0.15) is 18.3 Å². The Bertz CT molecular complexity index is 122. The molecular formula is C7H12O2. The average molecular weight is 128 g/mol. The maximum atomic E-state index is 8.21. The van der Waals surface area contributed by atoms with Gasteiger partial charge in [0.25, 0.3) is 0 Å². The van der Waals surface area contributed by atoms with Gasteiger partial charge in [-0.15, -0.1) is 0 Å². The Balaban J connectivity index is 3.50. The van der Waals surface area contributed by atoms with Crippen molar-refractivity contribution in [3.63, 3.8) is 0 Å². The number of rotatable bonds is 0. The molecule has 0 heterocycles. The minimum absolute atomic E-state index is 0.143. The normalized spacial score (nSPS) is 9.78. The van der Waals surface area contributed by atoms with E-state index in [4.69, 9.17) is 9.84 Å². The first-order valence-corrected chi connectivity index (χ1v) is 2.83. The molecule has 0 saturated heterocycles. The third kappa shape index (κ3) is 7.32. The zero-order valence-electron chi connectivity index (χ0n) is 6.06. The summed E-state index contributed by atoms with van der Waals surface area (Å²) in [5, 5.41) is 8.21. The van der Waals surface area contributed by atoms with Crippen LogP contribution in [-0.4, -0.2) is 17.3 Å². The Kier molecular flexibility index (Phi) is 3.11. The largest absolute Gasteiger partial charge is 0.441 e. The summed E-state index contributed by atoms with van der Waals surface area (Å²) in [7, 11) is 0. The van der Waals surface area contributed by atoms with Crippen molar-refractivity contribution in [2.45, 2.75) is 26.4 Å². The van der Waals surface area contributed by atoms with E-state index in [9.17, 15) is 0 Å². The Morgan fingerprint density at radius 2 is 2.00 bits per heavy atom. The van der Waals surface area contributed by atoms with Gasteiger partial charge in [-0.05, 0) is 26.7 Å². The molecule has 0 unspecified atom stereocenters. The van der Waals surface area contributed by atoms with Crippen molar-refractivity contribution < 1.29 is 9.84 Å². The molecule has 0 radical (unpaired) electrons. The van der Waals surface area contributed by atoms with Gasteiger partial charge >= 0.3 is 0 Å². The number of hydrogen-bond donors (Lipinski definition) is 1. The lowest BCUT2D eigenvalue weighted by Crippen LogP contribution is -2.15. The third-order valence-corrected chi connectivity index (χ3v) is 0.508. The zero-order chi connectivity index (χ0) is 7.33. The molecule has 0 rings (SSSR count). The molecule has 1 N–H and O–H groups in total. The Morgan fingerprint density at radius 3 is 2.33 bits per heavy atom. The van der Waals surface area contributed by atoms with Crippen LogP contribution in [0.25, 0.3) is 0 Å². The van der Waals surface area contributed by atoms with Gasteiger partial charge < -0.3 is 9.84 Å². The van der Waals surface area contributed by atoms with Crippen LogP contribution in [0.15, 0.2) is 0 Å². The van der Waals surface area contributed by atoms with Gasteiger partial charge in [0.2, 0.25) is 0 Å². The quantitative estimate of drug-likeness (QED) is 0.488. The van der Waals surface area contributed by atoms with Crippen molar-refractivity contribution in [1.29, 1.82) is 0 Å². The summed E-state index contributed by atoms with van der Waals surface area (Å²) in [4.78, 5) is 0. The molecule has 0 aromatic heterocycles. The molecular weight excluding hydrogens is 116 g/mol. The number of ether oxygens (including phenoxy) is 1. The molecule has 9 heavy (non-hydrogen) atoms. The SMILES string of the molecule is CC(C)(C)OC#CCO. The molecule has 0 spiro atoms. The molecule has 0 aliphatic heterocycles. The minimum Gasteiger partial charge on any atom is -0.441 e. The molecule has 0 fully saturated rings. The summed E-state index contributed by atoms with van der Waals surface area (Å²) in [5.41, 5.74) is -0.234. The van der Waals surface area contributed by atoms with Crippen molar-refractivity contribution in [2.24, 2.45) is 0 Å². The smallest absolute Gasteiger partial charge is 0.113 e. The van der Waals surface area contributed by atoms with E-state index in [1.54, 1.807) is 0 Å². The lowest BCUT2D eigenvalue weighted by molar-refractivity contribution is 0.0958. The second-order valence-corrected chi connectivity index (χ2v) is 2.65. The summed E-state index contributed by atoms with van der Waals surface area (Å²) in [5.74, 6) is 2.39. The van der Waals surface area contributed by atoms with E-state index in [-0.39, 0.29) is 12.2 Å². The third-order valence-electron chi connectivity index (χ3n) is 0.508. The molecule has 2 nitrogen and oxygen atoms in total. The standard InChI is InChI=1S/C7H12O2/c1-7(2,3)9-6-4-5-8/h8H,5H2,1-3H3. The fraction of sp³-hybridized carbons (Fsp3) is 0.714. The second kappa shape index (κ2) is 3.37. The Labute approximate surface area is 55.8 Å². The van der Waals surface area contributed by atoms with Gasteiger partial charge in [0.15, 0.2) is 0 Å². The molecule has 0 aliphatic rings. The fourth-order valence-corrected chi connectivity index (χ4v) is 0.221. The highest BCUT2D eigenvalue weighted by Crippen LogP contribution is 2.03. The van der Waals surface area contributed by atoms with E-state index in [0.717, 1.165) is 0 Å². The molecule has 0 atom stereocenters. The Hall–Kier alpha value is -0.680. The van der Waals surface area contributed by atoms with Crippen LogP contribution in [0.1, 0.15) is 20.8 Å². The van der Waals surface area contributed by atoms with Gasteiger partial charge in [0, 0.05) is 0 Å². The summed E-state index contributed by atoms with van der Waals surface area (Å²) in [6.45, 7) is 5.56. The number of aliphatic hydroxyl groups excluding tert-OH is 1. The minimum atomic E-state index is -0.234. The maximum Gasteiger partial charge on any atom is 0.113 e. The highest BCUT2D eigenvalue weighted by molar-refractivity contribution is 4.92. The first kappa shape index (κ1) is 8.32. The molecule has 52 valence electrons. The van der Waals surface area contributed by atoms with E-state index < -0.39 is 0 Å². The van der Waals surface area contributed by atoms with E-state index in [0.29, 0.717) is 0 Å². The van der Waals surface area contributed by atoms with E-state index in [1.807, 2.05) is 20.8 Å². The molecule has 0 aromatic rings. The summed E-state index contributed by atoms with van der Waals surface area (Å²) in [6.07, 6.45) is 2.38. The number of aliphatic hydroxyl groups is 1. The van der Waals surface area contributed by atoms with Crippen molar-refractivity contribution in [3.8, 4) is 12.0 Å². The number of hydrogen-bond acceptors (Lipinski definition) is 2. The predicted molar refractivity (Wildman–Crippen MR) is 35.7 cm³/mol. The second-order valence-electron chi connectivity index (χ2n) is 2.65. The van der Waals surface area contributed by atoms with Crippen LogP contribution in [0.3, 0.4) is 0 Å². The predicted octanol–water partition coefficient (Wildman–Crippen LogP) is 0.755. The highest BCUT2D eigenvalue weighted by atomic mass is 16.5. The van der Waals surface area contributed by atoms with E-state index in [2.05, 4.69) is 12.0 Å². The van der Waals surface area contributed by atoms with Crippen molar-refractivity contribution in [3.05, 3.63) is 0 Å². The first-order chi connectivity index (χ1) is 4.06. The lowest BCUT2D eigenvalue weighted by Gasteiger charge is -2.14. The molecule has 0 amide bonds. The monoisotopic (exact) mass is 128 g/mol. The molecule has 0 saturated carbocycles. The van der Waals surface area contributed by atoms with Crippen molar-refractivity contribution >= 4 is 0 Å². The van der Waals surface area contributed by atoms with E-state index in [1.165, 1.54) is 0 Å². The zero-order valence-corrected chi connectivity index (χ0v) is 6.06. The highest BCUT2D eigenvalue weighted by Gasteiger charge is 2.07. The van der Waals surface area contributed by atoms with Crippen LogP contribution in [0.2, 0.25) is 0 Å². The van der Waals surface area contributed by atoms with Crippen LogP contribution in [-0.2, 0) is 4.74 Å². The topological polar surface area (TPSA) is 29.5 Å². The van der Waals surface area contributed by atoms with E-state index >= 15 is 0 Å². The van der Waals surface area contributed by atoms with Gasteiger partial charge in [0.05, 0.1) is 0 Å². The molecule has 0 aromatic carbocycles. The van der Waals surface area contributed by atoms with Crippen LogP contribution >= 0.6 is 0 Å². The maximum absolute atomic E-state index is 8.21. The summed E-state index contributed by atoms with van der Waals surface area (Å²) in [6, 6.07) is 0. The average Bonchev–Trinajstić information content (AvgIpc) is 1.63.